The predicted octanol–water partition coefficient (Wildman–Crippen LogP) is 6.67. The predicted molar refractivity (Wildman–Crippen MR) is 126 cm³/mol. The molecule has 0 saturated carbocycles. The molecule has 4 aromatic rings. The second-order valence-corrected chi connectivity index (χ2v) is 7.76. The highest BCUT2D eigenvalue weighted by molar-refractivity contribution is 5.66. The zero-order chi connectivity index (χ0) is 21.6. The Kier molecular flexibility index (Phi) is 6.37. The summed E-state index contributed by atoms with van der Waals surface area (Å²) in [6.07, 6.45) is 2.17. The molecule has 0 aliphatic heterocycles. The van der Waals surface area contributed by atoms with Crippen molar-refractivity contribution in [3.63, 3.8) is 0 Å². The van der Waals surface area contributed by atoms with E-state index in [0.29, 0.717) is 17.5 Å². The van der Waals surface area contributed by atoms with Crippen LogP contribution in [0.4, 0.5) is 0 Å². The quantitative estimate of drug-likeness (QED) is 0.320. The number of ether oxygens (including phenoxy) is 1. The smallest absolute Gasteiger partial charge is 0.164 e. The van der Waals surface area contributed by atoms with Crippen LogP contribution >= 0.6 is 0 Å². The Morgan fingerprint density at radius 1 is 0.581 bits per heavy atom. The van der Waals surface area contributed by atoms with E-state index in [9.17, 15) is 0 Å². The van der Waals surface area contributed by atoms with Crippen LogP contribution in [-0.4, -0.2) is 21.6 Å². The lowest BCUT2D eigenvalue weighted by atomic mass is 10.1. The van der Waals surface area contributed by atoms with E-state index in [2.05, 4.69) is 69.3 Å². The van der Waals surface area contributed by atoms with E-state index in [1.165, 1.54) is 11.1 Å². The average molecular weight is 410 g/mol. The lowest BCUT2D eigenvalue weighted by Crippen LogP contribution is -2.00. The van der Waals surface area contributed by atoms with Crippen molar-refractivity contribution < 1.29 is 4.74 Å². The summed E-state index contributed by atoms with van der Waals surface area (Å²) < 4.78 is 5.79. The zero-order valence-corrected chi connectivity index (χ0v) is 18.3. The van der Waals surface area contributed by atoms with E-state index in [1.54, 1.807) is 0 Å². The molecule has 4 rings (SSSR count). The molecule has 0 saturated heterocycles. The van der Waals surface area contributed by atoms with Crippen LogP contribution in [-0.2, 0) is 0 Å². The Hall–Kier alpha value is -3.53. The van der Waals surface area contributed by atoms with Gasteiger partial charge in [0.25, 0.3) is 0 Å². The summed E-state index contributed by atoms with van der Waals surface area (Å²) in [5.74, 6) is 2.86. The molecule has 156 valence electrons. The van der Waals surface area contributed by atoms with E-state index in [4.69, 9.17) is 19.7 Å². The van der Waals surface area contributed by atoms with Gasteiger partial charge in [0.2, 0.25) is 0 Å². The number of rotatable bonds is 7. The maximum absolute atomic E-state index is 5.79. The standard InChI is InChI=1S/C27H27N3O/c1-4-5-18-31-24-16-14-23(15-17-24)27-29-25(21-10-6-19(2)7-11-21)28-26(30-27)22-12-8-20(3)9-13-22/h6-17H,4-5,18H2,1-3H3. The summed E-state index contributed by atoms with van der Waals surface area (Å²) in [5.41, 5.74) is 5.29. The molecule has 0 amide bonds. The number of nitrogens with zero attached hydrogens (tertiary/aromatic N) is 3. The van der Waals surface area contributed by atoms with Gasteiger partial charge >= 0.3 is 0 Å². The summed E-state index contributed by atoms with van der Waals surface area (Å²) >= 11 is 0. The van der Waals surface area contributed by atoms with Gasteiger partial charge in [0.15, 0.2) is 17.5 Å². The van der Waals surface area contributed by atoms with Crippen molar-refractivity contribution in [3.05, 3.63) is 83.9 Å². The molecule has 0 unspecified atom stereocenters. The van der Waals surface area contributed by atoms with Gasteiger partial charge in [-0.3, -0.25) is 0 Å². The number of aromatic nitrogens is 3. The second kappa shape index (κ2) is 9.52. The lowest BCUT2D eigenvalue weighted by molar-refractivity contribution is 0.309. The van der Waals surface area contributed by atoms with E-state index in [-0.39, 0.29) is 0 Å². The molecule has 0 fully saturated rings. The molecule has 0 aliphatic carbocycles. The minimum Gasteiger partial charge on any atom is -0.494 e. The maximum atomic E-state index is 5.79. The fourth-order valence-corrected chi connectivity index (χ4v) is 3.20. The topological polar surface area (TPSA) is 47.9 Å². The first-order valence-corrected chi connectivity index (χ1v) is 10.8. The molecule has 0 bridgehead atoms. The number of benzene rings is 3. The van der Waals surface area contributed by atoms with Gasteiger partial charge in [-0.1, -0.05) is 73.0 Å². The monoisotopic (exact) mass is 409 g/mol. The molecule has 4 heteroatoms. The van der Waals surface area contributed by atoms with Crippen LogP contribution < -0.4 is 4.74 Å². The highest BCUT2D eigenvalue weighted by atomic mass is 16.5. The molecular weight excluding hydrogens is 382 g/mol. The molecule has 0 aliphatic rings. The molecule has 0 radical (unpaired) electrons. The SMILES string of the molecule is CCCCOc1ccc(-c2nc(-c3ccc(C)cc3)nc(-c3ccc(C)cc3)n2)cc1. The maximum Gasteiger partial charge on any atom is 0.164 e. The van der Waals surface area contributed by atoms with Crippen LogP contribution in [0.5, 0.6) is 5.75 Å². The van der Waals surface area contributed by atoms with Gasteiger partial charge in [-0.15, -0.1) is 0 Å². The summed E-state index contributed by atoms with van der Waals surface area (Å²) in [6.45, 7) is 7.04. The van der Waals surface area contributed by atoms with Gasteiger partial charge in [-0.25, -0.2) is 15.0 Å². The Bertz CT molecular complexity index is 1070. The van der Waals surface area contributed by atoms with Gasteiger partial charge < -0.3 is 4.74 Å². The van der Waals surface area contributed by atoms with Gasteiger partial charge in [0.1, 0.15) is 5.75 Å². The van der Waals surface area contributed by atoms with Crippen molar-refractivity contribution in [2.24, 2.45) is 0 Å². The molecule has 0 atom stereocenters. The average Bonchev–Trinajstić information content (AvgIpc) is 2.80. The molecule has 1 aromatic heterocycles. The Morgan fingerprint density at radius 2 is 0.968 bits per heavy atom. The summed E-state index contributed by atoms with van der Waals surface area (Å²) in [5, 5.41) is 0. The number of aryl methyl sites for hydroxylation is 2. The van der Waals surface area contributed by atoms with Gasteiger partial charge in [0, 0.05) is 16.7 Å². The normalized spacial score (nSPS) is 10.8. The highest BCUT2D eigenvalue weighted by Gasteiger charge is 2.12. The first kappa shape index (κ1) is 20.7. The summed E-state index contributed by atoms with van der Waals surface area (Å²) in [4.78, 5) is 14.4. The number of hydrogen-bond donors (Lipinski definition) is 0. The van der Waals surface area contributed by atoms with E-state index in [0.717, 1.165) is 41.9 Å². The summed E-state index contributed by atoms with van der Waals surface area (Å²) in [7, 11) is 0. The van der Waals surface area contributed by atoms with Crippen LogP contribution in [0.15, 0.2) is 72.8 Å². The van der Waals surface area contributed by atoms with E-state index in [1.807, 2.05) is 24.3 Å². The van der Waals surface area contributed by atoms with Crippen LogP contribution in [0.2, 0.25) is 0 Å². The Balaban J connectivity index is 1.74. The Labute approximate surface area is 184 Å². The molecular formula is C27H27N3O. The largest absolute Gasteiger partial charge is 0.494 e. The summed E-state index contributed by atoms with van der Waals surface area (Å²) in [6, 6.07) is 24.5. The zero-order valence-electron chi connectivity index (χ0n) is 18.3. The van der Waals surface area contributed by atoms with Crippen molar-refractivity contribution in [2.45, 2.75) is 33.6 Å². The third-order valence-electron chi connectivity index (χ3n) is 5.13. The van der Waals surface area contributed by atoms with Crippen LogP contribution in [0, 0.1) is 13.8 Å². The molecule has 0 N–H and O–H groups in total. The molecule has 1 heterocycles. The molecule has 3 aromatic carbocycles. The lowest BCUT2D eigenvalue weighted by Gasteiger charge is -2.10. The van der Waals surface area contributed by atoms with Crippen molar-refractivity contribution in [1.29, 1.82) is 0 Å². The highest BCUT2D eigenvalue weighted by Crippen LogP contribution is 2.26. The van der Waals surface area contributed by atoms with Gasteiger partial charge in [-0.2, -0.15) is 0 Å². The van der Waals surface area contributed by atoms with Crippen molar-refractivity contribution in [3.8, 4) is 39.9 Å². The molecule has 31 heavy (non-hydrogen) atoms. The van der Waals surface area contributed by atoms with Crippen molar-refractivity contribution >= 4 is 0 Å². The van der Waals surface area contributed by atoms with Crippen molar-refractivity contribution in [1.82, 2.24) is 15.0 Å². The van der Waals surface area contributed by atoms with Crippen LogP contribution in [0.1, 0.15) is 30.9 Å². The van der Waals surface area contributed by atoms with Gasteiger partial charge in [0.05, 0.1) is 6.61 Å². The number of hydrogen-bond acceptors (Lipinski definition) is 4. The van der Waals surface area contributed by atoms with Crippen LogP contribution in [0.3, 0.4) is 0 Å². The minimum atomic E-state index is 0.654. The van der Waals surface area contributed by atoms with E-state index < -0.39 is 0 Å². The molecule has 4 nitrogen and oxygen atoms in total. The minimum absolute atomic E-state index is 0.654. The number of unbranched alkanes of at least 4 members (excludes halogenated alkanes) is 1. The fourth-order valence-electron chi connectivity index (χ4n) is 3.20. The second-order valence-electron chi connectivity index (χ2n) is 7.76. The van der Waals surface area contributed by atoms with Crippen LogP contribution in [0.25, 0.3) is 34.2 Å². The molecule has 0 spiro atoms. The third kappa shape index (κ3) is 5.15. The third-order valence-corrected chi connectivity index (χ3v) is 5.13. The Morgan fingerprint density at radius 3 is 1.35 bits per heavy atom. The van der Waals surface area contributed by atoms with Crippen molar-refractivity contribution in [2.75, 3.05) is 6.61 Å². The first-order valence-electron chi connectivity index (χ1n) is 10.8. The first-order chi connectivity index (χ1) is 15.1. The van der Waals surface area contributed by atoms with E-state index >= 15 is 0 Å². The fraction of sp³-hybridized carbons (Fsp3) is 0.222. The van der Waals surface area contributed by atoms with Gasteiger partial charge in [-0.05, 0) is 44.5 Å².